The maximum Gasteiger partial charge on any atom is 0.312 e. The Morgan fingerprint density at radius 3 is 2.73 bits per heavy atom. The molecule has 1 aliphatic rings. The van der Waals surface area contributed by atoms with Gasteiger partial charge in [0.1, 0.15) is 0 Å². The molecule has 0 saturated heterocycles. The summed E-state index contributed by atoms with van der Waals surface area (Å²) in [6.07, 6.45) is 4.14. The fourth-order valence-electron chi connectivity index (χ4n) is 2.57. The number of nitro groups is 1. The van der Waals surface area contributed by atoms with Crippen molar-refractivity contribution in [3.05, 3.63) is 33.3 Å². The lowest BCUT2D eigenvalue weighted by Gasteiger charge is -2.26. The van der Waals surface area contributed by atoms with Crippen LogP contribution in [-0.4, -0.2) is 23.5 Å². The Labute approximate surface area is 133 Å². The van der Waals surface area contributed by atoms with Crippen LogP contribution in [0.3, 0.4) is 0 Å². The van der Waals surface area contributed by atoms with Crippen LogP contribution >= 0.6 is 11.6 Å². The van der Waals surface area contributed by atoms with Crippen molar-refractivity contribution in [2.75, 3.05) is 6.61 Å². The van der Waals surface area contributed by atoms with Crippen LogP contribution in [0.1, 0.15) is 32.6 Å². The van der Waals surface area contributed by atoms with Crippen molar-refractivity contribution in [3.8, 4) is 5.75 Å². The molecule has 1 aliphatic carbocycles. The summed E-state index contributed by atoms with van der Waals surface area (Å²) >= 11 is 5.72. The highest BCUT2D eigenvalue weighted by molar-refractivity contribution is 6.30. The highest BCUT2D eigenvalue weighted by atomic mass is 35.5. The number of rotatable bonds is 5. The van der Waals surface area contributed by atoms with Gasteiger partial charge < -0.3 is 10.1 Å². The summed E-state index contributed by atoms with van der Waals surface area (Å²) in [6.45, 7) is 1.97. The molecule has 1 amide bonds. The second-order valence-electron chi connectivity index (χ2n) is 5.68. The third-order valence-electron chi connectivity index (χ3n) is 3.86. The van der Waals surface area contributed by atoms with Crippen molar-refractivity contribution in [1.29, 1.82) is 0 Å². The maximum atomic E-state index is 11.9. The number of amides is 1. The SMILES string of the molecule is CC1CCC(NC(=O)COc2ccc(Cl)cc2[N+](=O)[O-])CC1. The second-order valence-corrected chi connectivity index (χ2v) is 6.12. The molecule has 0 radical (unpaired) electrons. The maximum absolute atomic E-state index is 11.9. The van der Waals surface area contributed by atoms with Crippen LogP contribution in [0, 0.1) is 16.0 Å². The highest BCUT2D eigenvalue weighted by Crippen LogP contribution is 2.29. The average molecular weight is 327 g/mol. The van der Waals surface area contributed by atoms with Crippen LogP contribution in [-0.2, 0) is 4.79 Å². The topological polar surface area (TPSA) is 81.5 Å². The van der Waals surface area contributed by atoms with Crippen LogP contribution in [0.5, 0.6) is 5.75 Å². The molecular formula is C15H19ClN2O4. The molecular weight excluding hydrogens is 308 g/mol. The number of carbonyl (C=O) groups is 1. The molecule has 0 unspecified atom stereocenters. The monoisotopic (exact) mass is 326 g/mol. The van der Waals surface area contributed by atoms with E-state index in [2.05, 4.69) is 12.2 Å². The van der Waals surface area contributed by atoms with Crippen LogP contribution < -0.4 is 10.1 Å². The zero-order valence-electron chi connectivity index (χ0n) is 12.4. The van der Waals surface area contributed by atoms with Crippen molar-refractivity contribution in [2.24, 2.45) is 5.92 Å². The molecule has 120 valence electrons. The number of nitro benzene ring substituents is 1. The molecule has 1 aromatic rings. The molecule has 6 nitrogen and oxygen atoms in total. The molecule has 0 bridgehead atoms. The molecule has 0 aromatic heterocycles. The van der Waals surface area contributed by atoms with E-state index in [0.29, 0.717) is 5.92 Å². The van der Waals surface area contributed by atoms with E-state index in [1.807, 2.05) is 0 Å². The number of hydrogen-bond donors (Lipinski definition) is 1. The van der Waals surface area contributed by atoms with Crippen molar-refractivity contribution < 1.29 is 14.5 Å². The summed E-state index contributed by atoms with van der Waals surface area (Å²) in [7, 11) is 0. The van der Waals surface area contributed by atoms with Gasteiger partial charge in [0, 0.05) is 17.1 Å². The summed E-state index contributed by atoms with van der Waals surface area (Å²) < 4.78 is 5.27. The minimum absolute atomic E-state index is 0.0433. The summed E-state index contributed by atoms with van der Waals surface area (Å²) in [5.41, 5.74) is -0.244. The summed E-state index contributed by atoms with van der Waals surface area (Å²) in [5, 5.41) is 14.1. The number of hydrogen-bond acceptors (Lipinski definition) is 4. The molecule has 0 heterocycles. The zero-order valence-corrected chi connectivity index (χ0v) is 13.1. The number of ether oxygens (including phenoxy) is 1. The van der Waals surface area contributed by atoms with E-state index in [1.54, 1.807) is 0 Å². The van der Waals surface area contributed by atoms with Gasteiger partial charge in [0.15, 0.2) is 12.4 Å². The number of carbonyl (C=O) groups excluding carboxylic acids is 1. The minimum atomic E-state index is -0.582. The van der Waals surface area contributed by atoms with E-state index in [0.717, 1.165) is 25.7 Å². The molecule has 0 aliphatic heterocycles. The molecule has 7 heteroatoms. The smallest absolute Gasteiger partial charge is 0.312 e. The predicted molar refractivity (Wildman–Crippen MR) is 83.2 cm³/mol. The lowest BCUT2D eigenvalue weighted by molar-refractivity contribution is -0.385. The van der Waals surface area contributed by atoms with Crippen LogP contribution in [0.25, 0.3) is 0 Å². The van der Waals surface area contributed by atoms with Gasteiger partial charge in [-0.1, -0.05) is 18.5 Å². The Hall–Kier alpha value is -1.82. The van der Waals surface area contributed by atoms with Gasteiger partial charge in [0.25, 0.3) is 5.91 Å². The van der Waals surface area contributed by atoms with Crippen LogP contribution in [0.15, 0.2) is 18.2 Å². The zero-order chi connectivity index (χ0) is 16.1. The van der Waals surface area contributed by atoms with E-state index in [9.17, 15) is 14.9 Å². The lowest BCUT2D eigenvalue weighted by Crippen LogP contribution is -2.39. The first-order chi connectivity index (χ1) is 10.5. The summed E-state index contributed by atoms with van der Waals surface area (Å²) in [6, 6.07) is 4.27. The van der Waals surface area contributed by atoms with Gasteiger partial charge >= 0.3 is 5.69 Å². The van der Waals surface area contributed by atoms with Crippen molar-refractivity contribution in [1.82, 2.24) is 5.32 Å². The van der Waals surface area contributed by atoms with E-state index >= 15 is 0 Å². The first-order valence-corrected chi connectivity index (χ1v) is 7.69. The van der Waals surface area contributed by atoms with Crippen molar-refractivity contribution in [2.45, 2.75) is 38.6 Å². The van der Waals surface area contributed by atoms with E-state index in [1.165, 1.54) is 18.2 Å². The van der Waals surface area contributed by atoms with Gasteiger partial charge in [-0.15, -0.1) is 0 Å². The molecule has 0 atom stereocenters. The molecule has 1 N–H and O–H groups in total. The summed E-state index contributed by atoms with van der Waals surface area (Å²) in [4.78, 5) is 22.2. The summed E-state index contributed by atoms with van der Waals surface area (Å²) in [5.74, 6) is 0.492. The highest BCUT2D eigenvalue weighted by Gasteiger charge is 2.21. The minimum Gasteiger partial charge on any atom is -0.477 e. The standard InChI is InChI=1S/C15H19ClN2O4/c1-10-2-5-12(6-3-10)17-15(19)9-22-14-7-4-11(16)8-13(14)18(20)21/h4,7-8,10,12H,2-3,5-6,9H2,1H3,(H,17,19). The van der Waals surface area contributed by atoms with E-state index in [4.69, 9.17) is 16.3 Å². The lowest BCUT2D eigenvalue weighted by atomic mass is 9.87. The normalized spacial score (nSPS) is 21.2. The number of nitrogens with one attached hydrogen (secondary N) is 1. The molecule has 22 heavy (non-hydrogen) atoms. The molecule has 0 spiro atoms. The number of halogens is 1. The van der Waals surface area contributed by atoms with Crippen molar-refractivity contribution in [3.63, 3.8) is 0 Å². The number of benzene rings is 1. The first kappa shape index (κ1) is 16.5. The largest absolute Gasteiger partial charge is 0.477 e. The molecule has 2 rings (SSSR count). The van der Waals surface area contributed by atoms with Gasteiger partial charge in [-0.3, -0.25) is 14.9 Å². The molecule has 1 aromatic carbocycles. The molecule has 1 fully saturated rings. The third kappa shape index (κ3) is 4.59. The van der Waals surface area contributed by atoms with E-state index in [-0.39, 0.29) is 35.0 Å². The Morgan fingerprint density at radius 2 is 2.09 bits per heavy atom. The third-order valence-corrected chi connectivity index (χ3v) is 4.09. The van der Waals surface area contributed by atoms with Gasteiger partial charge in [0.2, 0.25) is 0 Å². The Kier molecular flexibility index (Phi) is 5.60. The van der Waals surface area contributed by atoms with Gasteiger partial charge in [-0.2, -0.15) is 0 Å². The van der Waals surface area contributed by atoms with Crippen molar-refractivity contribution >= 4 is 23.2 Å². The first-order valence-electron chi connectivity index (χ1n) is 7.32. The van der Waals surface area contributed by atoms with Crippen LogP contribution in [0.4, 0.5) is 5.69 Å². The fourth-order valence-corrected chi connectivity index (χ4v) is 2.74. The van der Waals surface area contributed by atoms with Gasteiger partial charge in [0.05, 0.1) is 4.92 Å². The number of nitrogens with zero attached hydrogens (tertiary/aromatic N) is 1. The fraction of sp³-hybridized carbons (Fsp3) is 0.533. The average Bonchev–Trinajstić information content (AvgIpc) is 2.48. The van der Waals surface area contributed by atoms with E-state index < -0.39 is 4.92 Å². The second kappa shape index (κ2) is 7.45. The Bertz CT molecular complexity index is 556. The Morgan fingerprint density at radius 1 is 1.41 bits per heavy atom. The van der Waals surface area contributed by atoms with Crippen LogP contribution in [0.2, 0.25) is 5.02 Å². The van der Waals surface area contributed by atoms with Gasteiger partial charge in [-0.25, -0.2) is 0 Å². The Balaban J connectivity index is 1.87. The quantitative estimate of drug-likeness (QED) is 0.664. The predicted octanol–water partition coefficient (Wildman–Crippen LogP) is 3.32. The van der Waals surface area contributed by atoms with Gasteiger partial charge in [-0.05, 0) is 43.7 Å². The molecule has 1 saturated carbocycles.